The quantitative estimate of drug-likeness (QED) is 0.0764. The summed E-state index contributed by atoms with van der Waals surface area (Å²) < 4.78 is 59.4. The number of piperidine rings is 2. The molecule has 4 saturated heterocycles. The van der Waals surface area contributed by atoms with E-state index in [0.717, 1.165) is 57.9 Å². The van der Waals surface area contributed by atoms with Gasteiger partial charge in [0.05, 0.1) is 70.8 Å². The molecular weight excluding hydrogens is 1200 g/mol. The van der Waals surface area contributed by atoms with Crippen molar-refractivity contribution >= 4 is 34.5 Å². The van der Waals surface area contributed by atoms with Crippen molar-refractivity contribution in [3.8, 4) is 0 Å². The van der Waals surface area contributed by atoms with Crippen LogP contribution in [0.1, 0.15) is 62.5 Å². The molecule has 0 aliphatic carbocycles. The highest BCUT2D eigenvalue weighted by Crippen LogP contribution is 2.39. The van der Waals surface area contributed by atoms with Crippen molar-refractivity contribution in [3.63, 3.8) is 0 Å². The third kappa shape index (κ3) is 15.2. The lowest BCUT2D eigenvalue weighted by molar-refractivity contribution is -0.147. The first-order valence-electron chi connectivity index (χ1n) is 31.0. The Kier molecular flexibility index (Phi) is 20.8. The molecule has 10 aromatic rings. The number of carbonyl (C=O) groups excluding carboxylic acids is 2. The minimum Gasteiger partial charge on any atom is -0.469 e. The third-order valence-corrected chi connectivity index (χ3v) is 17.7. The lowest BCUT2D eigenvalue weighted by atomic mass is 9.97. The monoisotopic (exact) mass is 1280 g/mol. The number of H-pyrrole nitrogens is 1. The number of rotatable bonds is 19. The second-order valence-corrected chi connectivity index (χ2v) is 23.6. The first-order chi connectivity index (χ1) is 45.2. The van der Waals surface area contributed by atoms with E-state index in [1.165, 1.54) is 58.0 Å². The predicted octanol–water partition coefficient (Wildman–Crippen LogP) is 5.34. The van der Waals surface area contributed by atoms with Gasteiger partial charge in [0.1, 0.15) is 11.6 Å². The van der Waals surface area contributed by atoms with Crippen LogP contribution >= 0.6 is 0 Å². The summed E-state index contributed by atoms with van der Waals surface area (Å²) in [6.45, 7) is 5.92. The Bertz CT molecular complexity index is 4450. The molecule has 93 heavy (non-hydrogen) atoms. The number of nitrogens with one attached hydrogen (secondary N) is 1. The van der Waals surface area contributed by atoms with Gasteiger partial charge in [-0.15, -0.1) is 15.3 Å². The number of nitrogens with zero attached hydrogens (tertiary/aromatic N) is 13. The molecule has 25 nitrogen and oxygen atoms in total. The van der Waals surface area contributed by atoms with E-state index in [-0.39, 0.29) is 102 Å². The summed E-state index contributed by atoms with van der Waals surface area (Å²) >= 11 is 0. The maximum absolute atomic E-state index is 13.9. The van der Waals surface area contributed by atoms with Crippen molar-refractivity contribution in [1.29, 1.82) is 0 Å². The van der Waals surface area contributed by atoms with Crippen LogP contribution in [0.15, 0.2) is 177 Å². The minimum absolute atomic E-state index is 0.00344. The van der Waals surface area contributed by atoms with Gasteiger partial charge in [0.15, 0.2) is 22.6 Å². The Morgan fingerprint density at radius 2 is 0.968 bits per heavy atom. The summed E-state index contributed by atoms with van der Waals surface area (Å²) in [6.07, 6.45) is 14.6. The van der Waals surface area contributed by atoms with E-state index in [1.54, 1.807) is 104 Å². The number of hydrogen-bond donors (Lipinski definition) is 2. The molecule has 0 saturated carbocycles. The third-order valence-electron chi connectivity index (χ3n) is 17.7. The lowest BCUT2D eigenvalue weighted by Gasteiger charge is -2.40. The number of pyridine rings is 4. The van der Waals surface area contributed by atoms with Crippen LogP contribution in [0.4, 0.5) is 8.78 Å². The largest absolute Gasteiger partial charge is 0.469 e. The first-order valence-corrected chi connectivity index (χ1v) is 31.0. The van der Waals surface area contributed by atoms with Gasteiger partial charge < -0.3 is 24.1 Å². The van der Waals surface area contributed by atoms with E-state index in [4.69, 9.17) is 14.2 Å². The molecule has 2 aromatic carbocycles. The van der Waals surface area contributed by atoms with Crippen molar-refractivity contribution in [2.45, 2.75) is 121 Å². The number of ether oxygens (including phenoxy) is 4. The van der Waals surface area contributed by atoms with Crippen molar-refractivity contribution in [1.82, 2.24) is 66.9 Å². The Balaban J connectivity index is 0.000000138. The number of aliphatic hydroxyl groups excluding tert-OH is 1. The zero-order valence-electron chi connectivity index (χ0n) is 51.6. The van der Waals surface area contributed by atoms with E-state index in [9.17, 15) is 42.7 Å². The van der Waals surface area contributed by atoms with Crippen molar-refractivity contribution < 1.29 is 42.4 Å². The van der Waals surface area contributed by atoms with Crippen LogP contribution in [-0.2, 0) is 61.4 Å². The van der Waals surface area contributed by atoms with Crippen molar-refractivity contribution in [2.24, 2.45) is 11.8 Å². The normalized spacial score (nSPS) is 19.9. The Hall–Kier alpha value is -9.54. The van der Waals surface area contributed by atoms with E-state index in [0.29, 0.717) is 65.5 Å². The van der Waals surface area contributed by atoms with Gasteiger partial charge in [-0.05, 0) is 112 Å². The van der Waals surface area contributed by atoms with Crippen LogP contribution in [0.2, 0.25) is 0 Å². The molecule has 12 heterocycles. The fraction of sp³-hybridized carbons (Fsp3) is 0.394. The molecule has 14 rings (SSSR count). The average molecular weight is 1280 g/mol. The van der Waals surface area contributed by atoms with E-state index >= 15 is 0 Å². The highest BCUT2D eigenvalue weighted by atomic mass is 19.1. The van der Waals surface area contributed by atoms with Crippen LogP contribution in [0.25, 0.3) is 22.6 Å². The molecule has 4 fully saturated rings. The maximum atomic E-state index is 13.9. The smallest absolute Gasteiger partial charge is 0.350 e. The predicted molar refractivity (Wildman–Crippen MR) is 337 cm³/mol. The zero-order valence-corrected chi connectivity index (χ0v) is 51.6. The van der Waals surface area contributed by atoms with Gasteiger partial charge in [-0.1, -0.05) is 67.2 Å². The SMILES string of the molecule is C=C(Cn1nc2ccccn2c1=O)C(=O)OC.COC(=O)C(CN1C2CCC1CC(OCc1ccccc1F)C2)Cn1nc2ccccn2c1=O.O=c1[nH]nc2ccccn12.O=c1n(CC(CO)CN2C3CCC2CC(OCc2ccccc2F)C3)nc2ccccn12. The van der Waals surface area contributed by atoms with Gasteiger partial charge in [0, 0.05) is 85.7 Å². The van der Waals surface area contributed by atoms with Crippen molar-refractivity contribution in [2.75, 3.05) is 33.9 Å². The first kappa shape index (κ1) is 65.0. The van der Waals surface area contributed by atoms with Crippen LogP contribution in [0.3, 0.4) is 0 Å². The van der Waals surface area contributed by atoms with Crippen LogP contribution in [0.5, 0.6) is 0 Å². The molecule has 0 amide bonds. The number of aromatic nitrogens is 12. The molecule has 488 valence electrons. The number of carbonyl (C=O) groups is 2. The molecule has 4 bridgehead atoms. The van der Waals surface area contributed by atoms with Crippen LogP contribution < -0.4 is 22.8 Å². The Labute approximate surface area is 531 Å². The van der Waals surface area contributed by atoms with Gasteiger partial charge in [-0.25, -0.2) is 51.9 Å². The number of fused-ring (bicyclic) bond motifs is 8. The van der Waals surface area contributed by atoms with E-state index < -0.39 is 11.9 Å². The number of esters is 2. The Morgan fingerprint density at radius 1 is 0.548 bits per heavy atom. The molecular formula is C66H74F2N14O11. The standard InChI is InChI=1S/C25H29FN4O4.C24H29FN4O3.C11H11N3O3.C6H5N3O/c1-33-24(31)18(15-30-25(32)28-11-5-4-8-23(28)27-30)14-29-19-9-10-20(29)13-21(12-19)34-16-17-6-2-3-7-22(17)26;25-22-6-2-1-5-18(22)16-32-21-11-19-8-9-20(12-21)28(19)13-17(15-30)14-29-24(31)27-10-4-3-7-23(27)26-29;1-8(10(15)17-2)7-14-11(16)13-6-4-3-5-9(13)12-14;10-6-8-7-5-3-1-2-4-9(5)6/h2-8,11,18-21H,9-10,12-16H2,1H3;1-7,10,17,19-21,30H,8-9,11-16H2;3-6H,1,7H2,2H3;1-4H,(H,8,10). The molecule has 6 unspecified atom stereocenters. The maximum Gasteiger partial charge on any atom is 0.350 e. The van der Waals surface area contributed by atoms with Crippen molar-refractivity contribution in [3.05, 3.63) is 223 Å². The fourth-order valence-electron chi connectivity index (χ4n) is 13.0. The van der Waals surface area contributed by atoms with E-state index in [1.807, 2.05) is 30.3 Å². The molecule has 0 spiro atoms. The zero-order chi connectivity index (χ0) is 65.1. The Morgan fingerprint density at radius 3 is 1.41 bits per heavy atom. The van der Waals surface area contributed by atoms with E-state index in [2.05, 4.69) is 46.6 Å². The second-order valence-electron chi connectivity index (χ2n) is 23.6. The average Bonchev–Trinajstić information content (AvgIpc) is 1.80. The highest BCUT2D eigenvalue weighted by Gasteiger charge is 2.44. The second kappa shape index (κ2) is 29.8. The number of halogens is 2. The number of hydrogen-bond acceptors (Lipinski definition) is 17. The number of aliphatic hydroxyl groups is 1. The summed E-state index contributed by atoms with van der Waals surface area (Å²) in [5.74, 6) is -1.94. The molecule has 4 aliphatic rings. The van der Waals surface area contributed by atoms with Gasteiger partial charge in [0.2, 0.25) is 0 Å². The number of methoxy groups -OCH3 is 2. The molecule has 4 aliphatic heterocycles. The summed E-state index contributed by atoms with van der Waals surface area (Å²) in [4.78, 5) is 76.6. The molecule has 2 N–H and O–H groups in total. The van der Waals surface area contributed by atoms with Crippen LogP contribution in [-0.4, -0.2) is 154 Å². The molecule has 6 atom stereocenters. The summed E-state index contributed by atoms with van der Waals surface area (Å²) in [6, 6.07) is 36.2. The summed E-state index contributed by atoms with van der Waals surface area (Å²) in [5, 5.41) is 29.0. The molecule has 0 radical (unpaired) electrons. The molecule has 27 heteroatoms. The van der Waals surface area contributed by atoms with Gasteiger partial charge in [-0.3, -0.25) is 32.2 Å². The summed E-state index contributed by atoms with van der Waals surface area (Å²) in [7, 11) is 2.64. The molecule has 8 aromatic heterocycles. The lowest BCUT2D eigenvalue weighted by Crippen LogP contribution is -2.49. The highest BCUT2D eigenvalue weighted by molar-refractivity contribution is 5.87. The van der Waals surface area contributed by atoms with Gasteiger partial charge in [-0.2, -0.15) is 5.10 Å². The minimum atomic E-state index is -0.547. The van der Waals surface area contributed by atoms with Gasteiger partial charge in [0.25, 0.3) is 0 Å². The van der Waals surface area contributed by atoms with Crippen LogP contribution in [0, 0.1) is 23.5 Å². The number of benzene rings is 2. The summed E-state index contributed by atoms with van der Waals surface area (Å²) in [5.41, 5.74) is 2.71. The number of aromatic amines is 1. The topological polar surface area (TPSA) is 266 Å². The van der Waals surface area contributed by atoms with Gasteiger partial charge >= 0.3 is 34.7 Å². The fourth-order valence-corrected chi connectivity index (χ4v) is 13.0.